The quantitative estimate of drug-likeness (QED) is 0.530. The van der Waals surface area contributed by atoms with E-state index in [1.165, 1.54) is 5.69 Å². The molecule has 174 valence electrons. The number of amides is 1. The Hall–Kier alpha value is -3.32. The number of hydrogen-bond donors (Lipinski definition) is 1. The molecular formula is C26H32N4O3. The Bertz CT molecular complexity index is 1080. The Morgan fingerprint density at radius 1 is 1.03 bits per heavy atom. The molecule has 2 aromatic carbocycles. The average molecular weight is 449 g/mol. The van der Waals surface area contributed by atoms with Crippen LogP contribution in [0, 0.1) is 0 Å². The number of nitrogens with zero attached hydrogens (tertiary/aromatic N) is 3. The van der Waals surface area contributed by atoms with Crippen molar-refractivity contribution >= 4 is 28.3 Å². The van der Waals surface area contributed by atoms with Gasteiger partial charge in [-0.2, -0.15) is 0 Å². The zero-order chi connectivity index (χ0) is 23.2. The minimum atomic E-state index is -0.0981. The van der Waals surface area contributed by atoms with E-state index in [0.717, 1.165) is 48.6 Å². The van der Waals surface area contributed by atoms with Gasteiger partial charge in [-0.3, -0.25) is 4.79 Å². The second-order valence-corrected chi connectivity index (χ2v) is 8.39. The standard InChI is InChI=1S/C26H32N4O3/c1-19(2)33-17-12-27-26(31)23-18-25(28-24-7-5-4-6-22(23)24)30-15-13-29(14-16-30)20-8-10-21(32-3)11-9-20/h4-11,18-19H,12-17H2,1-3H3,(H,27,31). The summed E-state index contributed by atoms with van der Waals surface area (Å²) in [6.07, 6.45) is 0.145. The second-order valence-electron chi connectivity index (χ2n) is 8.39. The molecule has 1 aromatic heterocycles. The number of rotatable bonds is 8. The summed E-state index contributed by atoms with van der Waals surface area (Å²) < 4.78 is 10.8. The van der Waals surface area contributed by atoms with E-state index in [9.17, 15) is 4.79 Å². The van der Waals surface area contributed by atoms with E-state index < -0.39 is 0 Å². The number of benzene rings is 2. The lowest BCUT2D eigenvalue weighted by atomic mass is 10.1. The molecule has 0 saturated carbocycles. The number of piperazine rings is 1. The van der Waals surface area contributed by atoms with Gasteiger partial charge in [-0.05, 0) is 50.2 Å². The summed E-state index contributed by atoms with van der Waals surface area (Å²) in [5.74, 6) is 1.60. The molecule has 0 unspecified atom stereocenters. The number of nitrogens with one attached hydrogen (secondary N) is 1. The van der Waals surface area contributed by atoms with E-state index in [1.54, 1.807) is 7.11 Å². The highest BCUT2D eigenvalue weighted by molar-refractivity contribution is 6.07. The molecule has 3 aromatic rings. The maximum atomic E-state index is 13.0. The van der Waals surface area contributed by atoms with Crippen molar-refractivity contribution in [3.63, 3.8) is 0 Å². The number of ether oxygens (including phenoxy) is 2. The van der Waals surface area contributed by atoms with Crippen LogP contribution in [0.4, 0.5) is 11.5 Å². The van der Waals surface area contributed by atoms with Crippen molar-refractivity contribution in [2.45, 2.75) is 20.0 Å². The van der Waals surface area contributed by atoms with Gasteiger partial charge in [0.25, 0.3) is 5.91 Å². The van der Waals surface area contributed by atoms with Crippen LogP contribution in [-0.4, -0.2) is 63.4 Å². The van der Waals surface area contributed by atoms with Gasteiger partial charge in [0.05, 0.1) is 30.9 Å². The Balaban J connectivity index is 1.48. The molecule has 0 spiro atoms. The van der Waals surface area contributed by atoms with Crippen molar-refractivity contribution < 1.29 is 14.3 Å². The number of para-hydroxylation sites is 1. The second kappa shape index (κ2) is 10.5. The normalized spacial score (nSPS) is 14.1. The van der Waals surface area contributed by atoms with Gasteiger partial charge in [-0.25, -0.2) is 4.98 Å². The van der Waals surface area contributed by atoms with Crippen LogP contribution in [0.5, 0.6) is 5.75 Å². The topological polar surface area (TPSA) is 66.9 Å². The number of carbonyl (C=O) groups excluding carboxylic acids is 1. The number of hydrogen-bond acceptors (Lipinski definition) is 6. The van der Waals surface area contributed by atoms with Gasteiger partial charge >= 0.3 is 0 Å². The fraction of sp³-hybridized carbons (Fsp3) is 0.385. The van der Waals surface area contributed by atoms with E-state index >= 15 is 0 Å². The summed E-state index contributed by atoms with van der Waals surface area (Å²) in [5, 5.41) is 3.85. The number of methoxy groups -OCH3 is 1. The number of fused-ring (bicyclic) bond motifs is 1. The molecule has 1 fully saturated rings. The fourth-order valence-electron chi connectivity index (χ4n) is 4.05. The summed E-state index contributed by atoms with van der Waals surface area (Å²) >= 11 is 0. The Kier molecular flexibility index (Phi) is 7.29. The number of pyridine rings is 1. The molecule has 4 rings (SSSR count). The minimum absolute atomic E-state index is 0.0981. The van der Waals surface area contributed by atoms with Gasteiger partial charge in [0, 0.05) is 43.8 Å². The maximum absolute atomic E-state index is 13.0. The first kappa shape index (κ1) is 22.9. The molecule has 7 heteroatoms. The first-order chi connectivity index (χ1) is 16.0. The number of aromatic nitrogens is 1. The highest BCUT2D eigenvalue weighted by Crippen LogP contribution is 2.26. The molecule has 1 N–H and O–H groups in total. The Morgan fingerprint density at radius 3 is 2.42 bits per heavy atom. The van der Waals surface area contributed by atoms with Gasteiger partial charge in [0.2, 0.25) is 0 Å². The predicted molar refractivity (Wildman–Crippen MR) is 133 cm³/mol. The highest BCUT2D eigenvalue weighted by Gasteiger charge is 2.21. The van der Waals surface area contributed by atoms with E-state index in [1.807, 2.05) is 56.3 Å². The molecule has 0 atom stereocenters. The zero-order valence-corrected chi connectivity index (χ0v) is 19.6. The third kappa shape index (κ3) is 5.54. The van der Waals surface area contributed by atoms with Crippen LogP contribution in [0.15, 0.2) is 54.6 Å². The van der Waals surface area contributed by atoms with Gasteiger partial charge < -0.3 is 24.6 Å². The lowest BCUT2D eigenvalue weighted by molar-refractivity contribution is 0.0747. The minimum Gasteiger partial charge on any atom is -0.497 e. The molecule has 33 heavy (non-hydrogen) atoms. The van der Waals surface area contributed by atoms with Crippen LogP contribution in [-0.2, 0) is 4.74 Å². The van der Waals surface area contributed by atoms with Crippen LogP contribution < -0.4 is 19.9 Å². The zero-order valence-electron chi connectivity index (χ0n) is 19.6. The molecule has 7 nitrogen and oxygen atoms in total. The van der Waals surface area contributed by atoms with Crippen molar-refractivity contribution in [1.82, 2.24) is 10.3 Å². The third-order valence-electron chi connectivity index (χ3n) is 5.83. The molecule has 1 aliphatic rings. The largest absolute Gasteiger partial charge is 0.497 e. The van der Waals surface area contributed by atoms with Crippen LogP contribution in [0.1, 0.15) is 24.2 Å². The third-order valence-corrected chi connectivity index (χ3v) is 5.83. The van der Waals surface area contributed by atoms with Crippen molar-refractivity contribution in [2.75, 3.05) is 56.2 Å². The summed E-state index contributed by atoms with van der Waals surface area (Å²) in [5.41, 5.74) is 2.67. The van der Waals surface area contributed by atoms with Crippen molar-refractivity contribution in [3.05, 3.63) is 60.2 Å². The Morgan fingerprint density at radius 2 is 1.73 bits per heavy atom. The number of anilines is 2. The van der Waals surface area contributed by atoms with E-state index in [4.69, 9.17) is 14.5 Å². The van der Waals surface area contributed by atoms with Crippen LogP contribution in [0.25, 0.3) is 10.9 Å². The lowest BCUT2D eigenvalue weighted by Gasteiger charge is -2.37. The van der Waals surface area contributed by atoms with Gasteiger partial charge in [0.1, 0.15) is 11.6 Å². The van der Waals surface area contributed by atoms with Crippen LogP contribution >= 0.6 is 0 Å². The van der Waals surface area contributed by atoms with Gasteiger partial charge in [0.15, 0.2) is 0 Å². The molecule has 2 heterocycles. The van der Waals surface area contributed by atoms with E-state index in [-0.39, 0.29) is 12.0 Å². The first-order valence-electron chi connectivity index (χ1n) is 11.5. The fourth-order valence-corrected chi connectivity index (χ4v) is 4.05. The molecule has 1 amide bonds. The Labute approximate surface area is 195 Å². The summed E-state index contributed by atoms with van der Waals surface area (Å²) in [4.78, 5) is 22.5. The lowest BCUT2D eigenvalue weighted by Crippen LogP contribution is -2.47. The summed E-state index contributed by atoms with van der Waals surface area (Å²) in [6.45, 7) is 8.37. The first-order valence-corrected chi connectivity index (χ1v) is 11.5. The van der Waals surface area contributed by atoms with E-state index in [2.05, 4.69) is 27.2 Å². The maximum Gasteiger partial charge on any atom is 0.252 e. The molecule has 0 bridgehead atoms. The van der Waals surface area contributed by atoms with Gasteiger partial charge in [-0.1, -0.05) is 18.2 Å². The monoisotopic (exact) mass is 448 g/mol. The van der Waals surface area contributed by atoms with Gasteiger partial charge in [-0.15, -0.1) is 0 Å². The van der Waals surface area contributed by atoms with Crippen LogP contribution in [0.3, 0.4) is 0 Å². The molecule has 0 aliphatic carbocycles. The summed E-state index contributed by atoms with van der Waals surface area (Å²) in [6, 6.07) is 17.9. The highest BCUT2D eigenvalue weighted by atomic mass is 16.5. The van der Waals surface area contributed by atoms with Crippen molar-refractivity contribution in [2.24, 2.45) is 0 Å². The smallest absolute Gasteiger partial charge is 0.252 e. The number of carbonyl (C=O) groups is 1. The predicted octanol–water partition coefficient (Wildman–Crippen LogP) is 3.72. The summed E-state index contributed by atoms with van der Waals surface area (Å²) in [7, 11) is 1.68. The molecule has 0 radical (unpaired) electrons. The molecule has 1 saturated heterocycles. The van der Waals surface area contributed by atoms with Crippen LogP contribution in [0.2, 0.25) is 0 Å². The van der Waals surface area contributed by atoms with Crippen molar-refractivity contribution in [1.29, 1.82) is 0 Å². The molecule has 1 aliphatic heterocycles. The average Bonchev–Trinajstić information content (AvgIpc) is 2.86. The van der Waals surface area contributed by atoms with E-state index in [0.29, 0.717) is 18.7 Å². The van der Waals surface area contributed by atoms with Crippen molar-refractivity contribution in [3.8, 4) is 5.75 Å². The molecular weight excluding hydrogens is 416 g/mol. The SMILES string of the molecule is COc1ccc(N2CCN(c3cc(C(=O)NCCOC(C)C)c4ccccc4n3)CC2)cc1.